The van der Waals surface area contributed by atoms with Crippen molar-refractivity contribution in [2.24, 2.45) is 0 Å². The van der Waals surface area contributed by atoms with Gasteiger partial charge in [0.2, 0.25) is 10.0 Å². The smallest absolute Gasteiger partial charge is 0.256 e. The lowest BCUT2D eigenvalue weighted by molar-refractivity contribution is 0.102. The number of anilines is 1. The van der Waals surface area contributed by atoms with Crippen molar-refractivity contribution in [3.8, 4) is 0 Å². The van der Waals surface area contributed by atoms with E-state index in [0.717, 1.165) is 32.0 Å². The van der Waals surface area contributed by atoms with Gasteiger partial charge in [-0.3, -0.25) is 9.78 Å². The third-order valence-electron chi connectivity index (χ3n) is 4.57. The van der Waals surface area contributed by atoms with Crippen LogP contribution in [0.25, 0.3) is 10.9 Å². The summed E-state index contributed by atoms with van der Waals surface area (Å²) in [7, 11) is -0.644. The number of nitrogens with zero attached hydrogens (tertiary/aromatic N) is 2. The number of pyridine rings is 1. The van der Waals surface area contributed by atoms with Crippen LogP contribution in [0, 0.1) is 20.8 Å². The number of hydrogen-bond donors (Lipinski definition) is 1. The minimum Gasteiger partial charge on any atom is -0.322 e. The molecule has 0 saturated carbocycles. The van der Waals surface area contributed by atoms with Crippen molar-refractivity contribution in [3.63, 3.8) is 0 Å². The summed E-state index contributed by atoms with van der Waals surface area (Å²) in [6.07, 6.45) is 0. The average molecular weight is 398 g/mol. The van der Waals surface area contributed by atoms with Gasteiger partial charge in [0.15, 0.2) is 0 Å². The first-order chi connectivity index (χ1) is 13.1. The van der Waals surface area contributed by atoms with Gasteiger partial charge in [0.1, 0.15) is 0 Å². The first-order valence-electron chi connectivity index (χ1n) is 8.82. The normalized spacial score (nSPS) is 11.8. The van der Waals surface area contributed by atoms with E-state index in [4.69, 9.17) is 0 Å². The molecule has 1 heterocycles. The van der Waals surface area contributed by atoms with Crippen LogP contribution in [-0.2, 0) is 10.0 Å². The van der Waals surface area contributed by atoms with Crippen molar-refractivity contribution in [3.05, 3.63) is 64.8 Å². The topological polar surface area (TPSA) is 79.4 Å². The Morgan fingerprint density at radius 2 is 1.71 bits per heavy atom. The molecule has 0 spiro atoms. The monoisotopic (exact) mass is 397 g/mol. The molecule has 28 heavy (non-hydrogen) atoms. The Morgan fingerprint density at radius 3 is 2.39 bits per heavy atom. The van der Waals surface area contributed by atoms with Crippen LogP contribution in [0.15, 0.2) is 47.4 Å². The maximum absolute atomic E-state index is 13.0. The molecule has 0 aliphatic rings. The number of amides is 1. The molecule has 0 saturated heterocycles. The van der Waals surface area contributed by atoms with Gasteiger partial charge < -0.3 is 5.32 Å². The molecular formula is C21H23N3O3S. The van der Waals surface area contributed by atoms with Gasteiger partial charge in [-0.1, -0.05) is 17.7 Å². The number of aryl methyl sites for hydroxylation is 3. The van der Waals surface area contributed by atoms with E-state index in [2.05, 4.69) is 10.3 Å². The minimum absolute atomic E-state index is 0.130. The van der Waals surface area contributed by atoms with E-state index in [1.54, 1.807) is 12.1 Å². The number of aromatic nitrogens is 1. The zero-order valence-electron chi connectivity index (χ0n) is 16.6. The number of nitrogens with one attached hydrogen (secondary N) is 1. The van der Waals surface area contributed by atoms with E-state index in [0.29, 0.717) is 11.3 Å². The molecule has 1 N–H and O–H groups in total. The number of rotatable bonds is 4. The molecule has 7 heteroatoms. The summed E-state index contributed by atoms with van der Waals surface area (Å²) in [6.45, 7) is 5.62. The molecule has 0 aliphatic heterocycles. The van der Waals surface area contributed by atoms with Crippen molar-refractivity contribution < 1.29 is 13.2 Å². The molecule has 0 radical (unpaired) electrons. The lowest BCUT2D eigenvalue weighted by Gasteiger charge is -2.15. The van der Waals surface area contributed by atoms with Crippen molar-refractivity contribution in [2.45, 2.75) is 25.7 Å². The zero-order chi connectivity index (χ0) is 20.6. The highest BCUT2D eigenvalue weighted by atomic mass is 32.2. The maximum Gasteiger partial charge on any atom is 0.256 e. The third kappa shape index (κ3) is 3.76. The molecule has 0 bridgehead atoms. The quantitative estimate of drug-likeness (QED) is 0.729. The largest absolute Gasteiger partial charge is 0.322 e. The third-order valence-corrected chi connectivity index (χ3v) is 6.38. The SMILES string of the molecule is Cc1ccc2nc(C)cc(C(=O)Nc3cc(S(=O)(=O)N(C)C)ccc3C)c2c1. The van der Waals surface area contributed by atoms with Gasteiger partial charge in [0.25, 0.3) is 5.91 Å². The van der Waals surface area contributed by atoms with E-state index in [1.807, 2.05) is 39.0 Å². The van der Waals surface area contributed by atoms with Gasteiger partial charge in [-0.05, 0) is 56.7 Å². The van der Waals surface area contributed by atoms with E-state index in [-0.39, 0.29) is 10.8 Å². The predicted octanol–water partition coefficient (Wildman–Crippen LogP) is 3.66. The maximum atomic E-state index is 13.0. The molecule has 2 aromatic carbocycles. The van der Waals surface area contributed by atoms with Gasteiger partial charge in [-0.2, -0.15) is 0 Å². The summed E-state index contributed by atoms with van der Waals surface area (Å²) >= 11 is 0. The molecule has 0 fully saturated rings. The number of sulfonamides is 1. The van der Waals surface area contributed by atoms with Crippen LogP contribution >= 0.6 is 0 Å². The van der Waals surface area contributed by atoms with Crippen LogP contribution in [-0.4, -0.2) is 37.7 Å². The summed E-state index contributed by atoms with van der Waals surface area (Å²) in [6, 6.07) is 12.2. The molecule has 146 valence electrons. The zero-order valence-corrected chi connectivity index (χ0v) is 17.4. The predicted molar refractivity (Wildman–Crippen MR) is 111 cm³/mol. The summed E-state index contributed by atoms with van der Waals surface area (Å²) in [5, 5.41) is 3.63. The van der Waals surface area contributed by atoms with Crippen LogP contribution in [0.4, 0.5) is 5.69 Å². The first kappa shape index (κ1) is 20.0. The Kier molecular flexibility index (Phi) is 5.23. The number of carbonyl (C=O) groups excluding carboxylic acids is 1. The van der Waals surface area contributed by atoms with E-state index < -0.39 is 10.0 Å². The van der Waals surface area contributed by atoms with E-state index in [1.165, 1.54) is 26.2 Å². The average Bonchev–Trinajstić information content (AvgIpc) is 2.62. The molecule has 3 aromatic rings. The molecule has 0 aliphatic carbocycles. The number of hydrogen-bond acceptors (Lipinski definition) is 4. The second kappa shape index (κ2) is 7.33. The fourth-order valence-electron chi connectivity index (χ4n) is 2.96. The van der Waals surface area contributed by atoms with Crippen LogP contribution < -0.4 is 5.32 Å². The summed E-state index contributed by atoms with van der Waals surface area (Å²) in [5.74, 6) is -0.302. The number of benzene rings is 2. The standard InChI is InChI=1S/C21H23N3O3S/c1-13-6-9-19-17(10-13)18(11-15(3)22-19)21(25)23-20-12-16(8-7-14(20)2)28(26,27)24(4)5/h6-12H,1-5H3,(H,23,25). The Balaban J connectivity index is 2.05. The van der Waals surface area contributed by atoms with Gasteiger partial charge >= 0.3 is 0 Å². The lowest BCUT2D eigenvalue weighted by Crippen LogP contribution is -2.22. The van der Waals surface area contributed by atoms with Crippen molar-refractivity contribution >= 4 is 32.5 Å². The van der Waals surface area contributed by atoms with Crippen LogP contribution in [0.3, 0.4) is 0 Å². The Hall–Kier alpha value is -2.77. The van der Waals surface area contributed by atoms with Gasteiger partial charge in [-0.25, -0.2) is 12.7 Å². The highest BCUT2D eigenvalue weighted by Gasteiger charge is 2.19. The molecule has 3 rings (SSSR count). The molecule has 0 unspecified atom stereocenters. The lowest BCUT2D eigenvalue weighted by atomic mass is 10.0. The van der Waals surface area contributed by atoms with E-state index >= 15 is 0 Å². The number of carbonyl (C=O) groups is 1. The van der Waals surface area contributed by atoms with Crippen LogP contribution in [0.2, 0.25) is 0 Å². The number of fused-ring (bicyclic) bond motifs is 1. The van der Waals surface area contributed by atoms with E-state index in [9.17, 15) is 13.2 Å². The summed E-state index contributed by atoms with van der Waals surface area (Å²) < 4.78 is 26.0. The summed E-state index contributed by atoms with van der Waals surface area (Å²) in [5.41, 5.74) is 4.26. The summed E-state index contributed by atoms with van der Waals surface area (Å²) in [4.78, 5) is 17.7. The van der Waals surface area contributed by atoms with Gasteiger partial charge in [-0.15, -0.1) is 0 Å². The fraction of sp³-hybridized carbons (Fsp3) is 0.238. The van der Waals surface area contributed by atoms with Gasteiger partial charge in [0.05, 0.1) is 16.0 Å². The first-order valence-corrected chi connectivity index (χ1v) is 10.3. The highest BCUT2D eigenvalue weighted by molar-refractivity contribution is 7.89. The molecule has 0 atom stereocenters. The molecule has 1 amide bonds. The Bertz CT molecular complexity index is 1180. The second-order valence-corrected chi connectivity index (χ2v) is 9.20. The van der Waals surface area contributed by atoms with Crippen molar-refractivity contribution in [1.29, 1.82) is 0 Å². The second-order valence-electron chi connectivity index (χ2n) is 7.05. The Morgan fingerprint density at radius 1 is 1.00 bits per heavy atom. The molecular weight excluding hydrogens is 374 g/mol. The fourth-order valence-corrected chi connectivity index (χ4v) is 3.89. The van der Waals surface area contributed by atoms with Crippen molar-refractivity contribution in [2.75, 3.05) is 19.4 Å². The molecule has 1 aromatic heterocycles. The minimum atomic E-state index is -3.59. The van der Waals surface area contributed by atoms with Crippen LogP contribution in [0.1, 0.15) is 27.2 Å². The molecule has 6 nitrogen and oxygen atoms in total. The van der Waals surface area contributed by atoms with Crippen LogP contribution in [0.5, 0.6) is 0 Å². The van der Waals surface area contributed by atoms with Gasteiger partial charge in [0, 0.05) is 30.9 Å². The highest BCUT2D eigenvalue weighted by Crippen LogP contribution is 2.25. The Labute approximate surface area is 165 Å². The van der Waals surface area contributed by atoms with Crippen molar-refractivity contribution in [1.82, 2.24) is 9.29 Å².